The van der Waals surface area contributed by atoms with Gasteiger partial charge in [-0.3, -0.25) is 14.9 Å². The summed E-state index contributed by atoms with van der Waals surface area (Å²) in [6.07, 6.45) is 6.09. The van der Waals surface area contributed by atoms with Crippen molar-refractivity contribution in [1.29, 1.82) is 0 Å². The van der Waals surface area contributed by atoms with Crippen molar-refractivity contribution in [3.8, 4) is 0 Å². The molecule has 1 saturated carbocycles. The van der Waals surface area contributed by atoms with E-state index in [1.165, 1.54) is 19.0 Å². The number of aromatic nitrogens is 2. The molecule has 1 aliphatic rings. The maximum absolute atomic E-state index is 11.4. The maximum Gasteiger partial charge on any atom is 0.268 e. The molecule has 1 aromatic rings. The summed E-state index contributed by atoms with van der Waals surface area (Å²) in [6.45, 7) is 0. The first kappa shape index (κ1) is 10.7. The molecule has 1 radical (unpaired) electrons. The van der Waals surface area contributed by atoms with Gasteiger partial charge in [0.25, 0.3) is 5.91 Å². The lowest BCUT2D eigenvalue weighted by Crippen LogP contribution is -2.14. The molecule has 6 heteroatoms. The summed E-state index contributed by atoms with van der Waals surface area (Å²) in [5, 5.41) is 2.56. The van der Waals surface area contributed by atoms with Gasteiger partial charge in [0, 0.05) is 12.6 Å². The smallest absolute Gasteiger partial charge is 0.268 e. The lowest BCUT2D eigenvalue weighted by molar-refractivity contribution is -0.115. The predicted octanol–water partition coefficient (Wildman–Crippen LogP) is 0.451. The molecule has 4 N–H and O–H groups in total. The van der Waals surface area contributed by atoms with Gasteiger partial charge in [-0.25, -0.2) is 4.98 Å². The number of imidazole rings is 1. The average molecular weight is 221 g/mol. The fraction of sp³-hybridized carbons (Fsp3) is 0.400. The standard InChI is InChI=1S/C10H13N4O2/c11-9(16)7-5-12-10(13-7)14-8(15)4-3-6-1-2-6/h3,5-6H,1-2,4H2,(H2,11,16)(H2,12,13,14,15). The van der Waals surface area contributed by atoms with Crippen LogP contribution in [0, 0.1) is 12.3 Å². The van der Waals surface area contributed by atoms with E-state index in [2.05, 4.69) is 15.3 Å². The van der Waals surface area contributed by atoms with Crippen LogP contribution in [0.15, 0.2) is 6.20 Å². The van der Waals surface area contributed by atoms with E-state index in [9.17, 15) is 9.59 Å². The molecule has 85 valence electrons. The van der Waals surface area contributed by atoms with Crippen LogP contribution < -0.4 is 11.1 Å². The predicted molar refractivity (Wildman–Crippen MR) is 57.4 cm³/mol. The van der Waals surface area contributed by atoms with Gasteiger partial charge in [-0.05, 0) is 25.2 Å². The van der Waals surface area contributed by atoms with Gasteiger partial charge in [-0.1, -0.05) is 0 Å². The third kappa shape index (κ3) is 2.82. The number of aromatic amines is 1. The zero-order valence-electron chi connectivity index (χ0n) is 8.69. The Hall–Kier alpha value is -1.85. The second-order valence-electron chi connectivity index (χ2n) is 3.82. The molecule has 0 spiro atoms. The minimum Gasteiger partial charge on any atom is -0.364 e. The van der Waals surface area contributed by atoms with Crippen LogP contribution in [0.5, 0.6) is 0 Å². The molecule has 0 aromatic carbocycles. The van der Waals surface area contributed by atoms with Crippen LogP contribution >= 0.6 is 0 Å². The number of H-pyrrole nitrogens is 1. The van der Waals surface area contributed by atoms with Gasteiger partial charge in [0.1, 0.15) is 5.69 Å². The van der Waals surface area contributed by atoms with Gasteiger partial charge < -0.3 is 10.7 Å². The number of nitrogens with two attached hydrogens (primary N) is 1. The van der Waals surface area contributed by atoms with Crippen molar-refractivity contribution in [3.63, 3.8) is 0 Å². The lowest BCUT2D eigenvalue weighted by atomic mass is 10.2. The Morgan fingerprint density at radius 1 is 1.62 bits per heavy atom. The highest BCUT2D eigenvalue weighted by molar-refractivity contribution is 5.93. The third-order valence-corrected chi connectivity index (χ3v) is 2.35. The van der Waals surface area contributed by atoms with Gasteiger partial charge in [0.2, 0.25) is 11.9 Å². The van der Waals surface area contributed by atoms with E-state index in [4.69, 9.17) is 5.73 Å². The second kappa shape index (κ2) is 4.34. The molecular weight excluding hydrogens is 208 g/mol. The Labute approximate surface area is 92.6 Å². The lowest BCUT2D eigenvalue weighted by Gasteiger charge is -1.99. The van der Waals surface area contributed by atoms with Crippen LogP contribution in [0.4, 0.5) is 5.95 Å². The highest BCUT2D eigenvalue weighted by Gasteiger charge is 2.22. The summed E-state index contributed by atoms with van der Waals surface area (Å²) in [5.41, 5.74) is 5.14. The minimum atomic E-state index is -0.624. The fourth-order valence-corrected chi connectivity index (χ4v) is 1.30. The Morgan fingerprint density at radius 2 is 2.38 bits per heavy atom. The third-order valence-electron chi connectivity index (χ3n) is 2.35. The van der Waals surface area contributed by atoms with Crippen molar-refractivity contribution in [2.45, 2.75) is 19.3 Å². The number of primary amides is 1. The topological polar surface area (TPSA) is 101 Å². The summed E-state index contributed by atoms with van der Waals surface area (Å²) in [5.74, 6) is 0.0880. The monoisotopic (exact) mass is 221 g/mol. The molecule has 0 unspecified atom stereocenters. The number of hydrogen-bond acceptors (Lipinski definition) is 3. The Bertz CT molecular complexity index is 409. The molecule has 0 aliphatic heterocycles. The van der Waals surface area contributed by atoms with Crippen molar-refractivity contribution in [1.82, 2.24) is 9.97 Å². The molecule has 6 nitrogen and oxygen atoms in total. The first-order chi connectivity index (χ1) is 7.65. The van der Waals surface area contributed by atoms with Crippen molar-refractivity contribution in [2.24, 2.45) is 11.7 Å². The number of anilines is 1. The van der Waals surface area contributed by atoms with Crippen molar-refractivity contribution in [2.75, 3.05) is 5.32 Å². The van der Waals surface area contributed by atoms with Crippen LogP contribution in [-0.4, -0.2) is 21.8 Å². The number of nitrogens with zero attached hydrogens (tertiary/aromatic N) is 1. The number of carbonyl (C=O) groups excluding carboxylic acids is 2. The van der Waals surface area contributed by atoms with Gasteiger partial charge in [0.05, 0.1) is 0 Å². The number of amides is 2. The Kier molecular flexibility index (Phi) is 2.89. The molecule has 16 heavy (non-hydrogen) atoms. The van der Waals surface area contributed by atoms with Crippen molar-refractivity contribution in [3.05, 3.63) is 18.3 Å². The molecule has 1 heterocycles. The summed E-state index contributed by atoms with van der Waals surface area (Å²) in [7, 11) is 0. The molecule has 1 aromatic heterocycles. The van der Waals surface area contributed by atoms with E-state index in [0.29, 0.717) is 12.3 Å². The average Bonchev–Trinajstić information content (AvgIpc) is 2.95. The van der Waals surface area contributed by atoms with Crippen LogP contribution in [0.1, 0.15) is 29.8 Å². The van der Waals surface area contributed by atoms with Crippen molar-refractivity contribution >= 4 is 17.8 Å². The molecule has 0 bridgehead atoms. The van der Waals surface area contributed by atoms with Crippen LogP contribution in [0.25, 0.3) is 0 Å². The van der Waals surface area contributed by atoms with Gasteiger partial charge in [0.15, 0.2) is 0 Å². The summed E-state index contributed by atoms with van der Waals surface area (Å²) in [6, 6.07) is 0. The molecular formula is C10H13N4O2. The first-order valence-electron chi connectivity index (χ1n) is 5.13. The van der Waals surface area contributed by atoms with Crippen LogP contribution in [0.2, 0.25) is 0 Å². The molecule has 0 saturated heterocycles. The largest absolute Gasteiger partial charge is 0.364 e. The van der Waals surface area contributed by atoms with E-state index in [0.717, 1.165) is 0 Å². The fourth-order valence-electron chi connectivity index (χ4n) is 1.30. The highest BCUT2D eigenvalue weighted by atomic mass is 16.2. The van der Waals surface area contributed by atoms with Crippen LogP contribution in [-0.2, 0) is 4.79 Å². The molecule has 2 rings (SSSR count). The normalized spacial score (nSPS) is 14.8. The summed E-state index contributed by atoms with van der Waals surface area (Å²) < 4.78 is 0. The zero-order chi connectivity index (χ0) is 11.5. The number of rotatable bonds is 5. The Morgan fingerprint density at radius 3 is 2.94 bits per heavy atom. The summed E-state index contributed by atoms with van der Waals surface area (Å²) in [4.78, 5) is 28.6. The summed E-state index contributed by atoms with van der Waals surface area (Å²) >= 11 is 0. The molecule has 1 aliphatic carbocycles. The number of nitrogens with one attached hydrogen (secondary N) is 2. The molecule has 1 fully saturated rings. The quantitative estimate of drug-likeness (QED) is 0.672. The molecule has 0 atom stereocenters. The number of hydrogen-bond donors (Lipinski definition) is 3. The van der Waals surface area contributed by atoms with Crippen LogP contribution in [0.3, 0.4) is 0 Å². The van der Waals surface area contributed by atoms with Gasteiger partial charge in [-0.15, -0.1) is 0 Å². The highest BCUT2D eigenvalue weighted by Crippen LogP contribution is 2.32. The maximum atomic E-state index is 11.4. The first-order valence-corrected chi connectivity index (χ1v) is 5.13. The number of carbonyl (C=O) groups is 2. The van der Waals surface area contributed by atoms with Gasteiger partial charge >= 0.3 is 0 Å². The Balaban J connectivity index is 1.82. The van der Waals surface area contributed by atoms with E-state index in [1.807, 2.05) is 6.42 Å². The second-order valence-corrected chi connectivity index (χ2v) is 3.82. The van der Waals surface area contributed by atoms with Gasteiger partial charge in [-0.2, -0.15) is 0 Å². The van der Waals surface area contributed by atoms with E-state index >= 15 is 0 Å². The SMILES string of the molecule is NC(=O)c1c[nH]c(NC(=O)C[CH]C2CC2)n1. The van der Waals surface area contributed by atoms with E-state index in [1.54, 1.807) is 0 Å². The van der Waals surface area contributed by atoms with E-state index < -0.39 is 5.91 Å². The molecule has 2 amide bonds. The van der Waals surface area contributed by atoms with E-state index in [-0.39, 0.29) is 17.5 Å². The zero-order valence-corrected chi connectivity index (χ0v) is 8.69. The van der Waals surface area contributed by atoms with Crippen molar-refractivity contribution < 1.29 is 9.59 Å². The minimum absolute atomic E-state index is 0.112.